The fraction of sp³-hybridized carbons (Fsp3) is 0.333. The Kier molecular flexibility index (Phi) is 4.46. The van der Waals surface area contributed by atoms with Crippen LogP contribution in [0.2, 0.25) is 0 Å². The number of rotatable bonds is 4. The van der Waals surface area contributed by atoms with Crippen molar-refractivity contribution in [3.63, 3.8) is 0 Å². The summed E-state index contributed by atoms with van der Waals surface area (Å²) in [5.74, 6) is 0.890. The molecule has 2 nitrogen and oxygen atoms in total. The summed E-state index contributed by atoms with van der Waals surface area (Å²) in [6, 6.07) is 13.0. The maximum Gasteiger partial charge on any atom is 0.118 e. The predicted octanol–water partition coefficient (Wildman–Crippen LogP) is 3.93. The number of ether oxygens (including phenoxy) is 1. The van der Waals surface area contributed by atoms with Crippen LogP contribution in [-0.4, -0.2) is 14.2 Å². The molecule has 2 aromatic rings. The van der Waals surface area contributed by atoms with Gasteiger partial charge in [0, 0.05) is 0 Å². The van der Waals surface area contributed by atoms with Crippen LogP contribution in [0.25, 0.3) is 0 Å². The van der Waals surface area contributed by atoms with E-state index < -0.39 is 0 Å². The van der Waals surface area contributed by atoms with Gasteiger partial charge in [-0.2, -0.15) is 0 Å². The molecule has 2 rings (SSSR count). The Morgan fingerprint density at radius 1 is 0.950 bits per heavy atom. The molecule has 106 valence electrons. The molecule has 0 heterocycles. The Hall–Kier alpha value is -1.80. The molecule has 0 aliphatic rings. The number of benzene rings is 2. The molecular weight excluding hydrogens is 246 g/mol. The summed E-state index contributed by atoms with van der Waals surface area (Å²) in [4.78, 5) is 0. The van der Waals surface area contributed by atoms with Crippen molar-refractivity contribution in [2.75, 3.05) is 14.2 Å². The molecule has 2 heteroatoms. The Labute approximate surface area is 121 Å². The van der Waals surface area contributed by atoms with E-state index in [9.17, 15) is 0 Å². The molecule has 2 aromatic carbocycles. The van der Waals surface area contributed by atoms with Crippen LogP contribution in [0, 0.1) is 20.8 Å². The zero-order valence-electron chi connectivity index (χ0n) is 12.9. The molecule has 1 N–H and O–H groups in total. The molecule has 0 aliphatic heterocycles. The second-order valence-corrected chi connectivity index (χ2v) is 5.31. The quantitative estimate of drug-likeness (QED) is 0.908. The second kappa shape index (κ2) is 6.10. The van der Waals surface area contributed by atoms with Gasteiger partial charge in [0.05, 0.1) is 13.2 Å². The highest BCUT2D eigenvalue weighted by molar-refractivity contribution is 5.44. The number of nitrogens with one attached hydrogen (secondary N) is 1. The molecule has 0 amide bonds. The van der Waals surface area contributed by atoms with Crippen molar-refractivity contribution in [2.24, 2.45) is 0 Å². The maximum atomic E-state index is 5.23. The summed E-state index contributed by atoms with van der Waals surface area (Å²) < 4.78 is 5.23. The zero-order valence-corrected chi connectivity index (χ0v) is 12.9. The van der Waals surface area contributed by atoms with Gasteiger partial charge in [-0.1, -0.05) is 29.8 Å². The standard InChI is InChI=1S/C18H23NO/c1-12-10-13(2)17(14(3)11-12)18(19-4)15-6-8-16(20-5)9-7-15/h6-11,18-19H,1-5H3. The van der Waals surface area contributed by atoms with E-state index in [2.05, 4.69) is 50.4 Å². The molecule has 0 spiro atoms. The van der Waals surface area contributed by atoms with Gasteiger partial charge in [-0.3, -0.25) is 0 Å². The van der Waals surface area contributed by atoms with Gasteiger partial charge < -0.3 is 10.1 Å². The van der Waals surface area contributed by atoms with Gasteiger partial charge in [0.1, 0.15) is 5.75 Å². The Bertz CT molecular complexity index is 564. The Morgan fingerprint density at radius 3 is 1.95 bits per heavy atom. The highest BCUT2D eigenvalue weighted by Gasteiger charge is 2.16. The van der Waals surface area contributed by atoms with Gasteiger partial charge in [0.15, 0.2) is 0 Å². The van der Waals surface area contributed by atoms with Gasteiger partial charge in [-0.25, -0.2) is 0 Å². The van der Waals surface area contributed by atoms with Crippen molar-refractivity contribution in [1.29, 1.82) is 0 Å². The second-order valence-electron chi connectivity index (χ2n) is 5.31. The minimum absolute atomic E-state index is 0.210. The number of methoxy groups -OCH3 is 1. The first-order valence-corrected chi connectivity index (χ1v) is 6.95. The van der Waals surface area contributed by atoms with Crippen molar-refractivity contribution in [3.8, 4) is 5.75 Å². The highest BCUT2D eigenvalue weighted by Crippen LogP contribution is 2.29. The van der Waals surface area contributed by atoms with Gasteiger partial charge in [-0.05, 0) is 62.2 Å². The van der Waals surface area contributed by atoms with Crippen LogP contribution >= 0.6 is 0 Å². The first-order chi connectivity index (χ1) is 9.56. The summed E-state index contributed by atoms with van der Waals surface area (Å²) in [5, 5.41) is 3.43. The lowest BCUT2D eigenvalue weighted by molar-refractivity contribution is 0.414. The maximum absolute atomic E-state index is 5.23. The predicted molar refractivity (Wildman–Crippen MR) is 84.5 cm³/mol. The molecule has 0 aromatic heterocycles. The van der Waals surface area contributed by atoms with Crippen molar-refractivity contribution < 1.29 is 4.74 Å². The third-order valence-electron chi connectivity index (χ3n) is 3.76. The largest absolute Gasteiger partial charge is 0.497 e. The van der Waals surface area contributed by atoms with Crippen LogP contribution in [0.3, 0.4) is 0 Å². The molecule has 0 saturated carbocycles. The van der Waals surface area contributed by atoms with Crippen LogP contribution in [0.1, 0.15) is 33.9 Å². The van der Waals surface area contributed by atoms with Crippen LogP contribution < -0.4 is 10.1 Å². The van der Waals surface area contributed by atoms with Crippen LogP contribution in [-0.2, 0) is 0 Å². The van der Waals surface area contributed by atoms with Crippen LogP contribution in [0.15, 0.2) is 36.4 Å². The van der Waals surface area contributed by atoms with Crippen molar-refractivity contribution in [1.82, 2.24) is 5.32 Å². The van der Waals surface area contributed by atoms with E-state index in [0.29, 0.717) is 0 Å². The monoisotopic (exact) mass is 269 g/mol. The van der Waals surface area contributed by atoms with E-state index >= 15 is 0 Å². The first kappa shape index (κ1) is 14.6. The molecule has 0 aliphatic carbocycles. The van der Waals surface area contributed by atoms with E-state index in [4.69, 9.17) is 4.74 Å². The fourth-order valence-corrected chi connectivity index (χ4v) is 2.92. The summed E-state index contributed by atoms with van der Waals surface area (Å²) >= 11 is 0. The van der Waals surface area contributed by atoms with Crippen LogP contribution in [0.4, 0.5) is 0 Å². The van der Waals surface area contributed by atoms with Gasteiger partial charge in [0.2, 0.25) is 0 Å². The molecule has 0 radical (unpaired) electrons. The lowest BCUT2D eigenvalue weighted by atomic mass is 9.90. The Morgan fingerprint density at radius 2 is 1.50 bits per heavy atom. The average molecular weight is 269 g/mol. The molecule has 0 fully saturated rings. The molecule has 0 saturated heterocycles. The smallest absolute Gasteiger partial charge is 0.118 e. The van der Waals surface area contributed by atoms with E-state index in [1.165, 1.54) is 27.8 Å². The van der Waals surface area contributed by atoms with E-state index in [-0.39, 0.29) is 6.04 Å². The number of aryl methyl sites for hydroxylation is 3. The van der Waals surface area contributed by atoms with E-state index in [1.54, 1.807) is 7.11 Å². The molecule has 1 atom stereocenters. The third-order valence-corrected chi connectivity index (χ3v) is 3.76. The third kappa shape index (κ3) is 2.86. The minimum Gasteiger partial charge on any atom is -0.497 e. The summed E-state index contributed by atoms with van der Waals surface area (Å²) in [6.07, 6.45) is 0. The summed E-state index contributed by atoms with van der Waals surface area (Å²) in [7, 11) is 3.70. The number of hydrogen-bond acceptors (Lipinski definition) is 2. The van der Waals surface area contributed by atoms with Gasteiger partial charge in [-0.15, -0.1) is 0 Å². The lowest BCUT2D eigenvalue weighted by Crippen LogP contribution is -2.20. The number of hydrogen-bond donors (Lipinski definition) is 1. The first-order valence-electron chi connectivity index (χ1n) is 6.95. The summed E-state index contributed by atoms with van der Waals surface area (Å²) in [5.41, 5.74) is 6.59. The van der Waals surface area contributed by atoms with Crippen molar-refractivity contribution in [3.05, 3.63) is 64.2 Å². The topological polar surface area (TPSA) is 21.3 Å². The van der Waals surface area contributed by atoms with Crippen LogP contribution in [0.5, 0.6) is 5.75 Å². The normalized spacial score (nSPS) is 12.2. The molecule has 1 unspecified atom stereocenters. The zero-order chi connectivity index (χ0) is 14.7. The summed E-state index contributed by atoms with van der Waals surface area (Å²) in [6.45, 7) is 6.51. The molecular formula is C18H23NO. The average Bonchev–Trinajstić information content (AvgIpc) is 2.43. The lowest BCUT2D eigenvalue weighted by Gasteiger charge is -2.22. The molecule has 0 bridgehead atoms. The van der Waals surface area contributed by atoms with Crippen molar-refractivity contribution in [2.45, 2.75) is 26.8 Å². The minimum atomic E-state index is 0.210. The van der Waals surface area contributed by atoms with Gasteiger partial charge >= 0.3 is 0 Å². The molecule has 20 heavy (non-hydrogen) atoms. The SMILES string of the molecule is CNC(c1ccc(OC)cc1)c1c(C)cc(C)cc1C. The van der Waals surface area contributed by atoms with Crippen molar-refractivity contribution >= 4 is 0 Å². The Balaban J connectivity index is 2.46. The van der Waals surface area contributed by atoms with E-state index in [0.717, 1.165) is 5.75 Å². The van der Waals surface area contributed by atoms with Gasteiger partial charge in [0.25, 0.3) is 0 Å². The fourth-order valence-electron chi connectivity index (χ4n) is 2.92. The van der Waals surface area contributed by atoms with E-state index in [1.807, 2.05) is 19.2 Å². The highest BCUT2D eigenvalue weighted by atomic mass is 16.5.